The Morgan fingerprint density at radius 3 is 2.73 bits per heavy atom. The van der Waals surface area contributed by atoms with Crippen molar-refractivity contribution >= 4 is 16.9 Å². The van der Waals surface area contributed by atoms with Crippen molar-refractivity contribution in [3.05, 3.63) is 69.1 Å². The molecule has 0 atom stereocenters. The number of nitrogens with one attached hydrogen (secondary N) is 1. The molecule has 26 heavy (non-hydrogen) atoms. The molecule has 0 bridgehead atoms. The number of hydrogen-bond donors (Lipinski definition) is 1. The molecule has 6 heteroatoms. The highest BCUT2D eigenvalue weighted by Crippen LogP contribution is 2.32. The van der Waals surface area contributed by atoms with Crippen LogP contribution in [0.5, 0.6) is 11.5 Å². The summed E-state index contributed by atoms with van der Waals surface area (Å²) >= 11 is 0. The van der Waals surface area contributed by atoms with Gasteiger partial charge in [0.15, 0.2) is 22.7 Å². The van der Waals surface area contributed by atoms with Crippen LogP contribution in [0.25, 0.3) is 11.0 Å². The van der Waals surface area contributed by atoms with Crippen molar-refractivity contribution in [3.8, 4) is 11.5 Å². The first-order valence-electron chi connectivity index (χ1n) is 8.23. The molecule has 4 rings (SSSR count). The first-order chi connectivity index (χ1) is 12.5. The number of ether oxygens (including phenoxy) is 2. The lowest BCUT2D eigenvalue weighted by Gasteiger charge is -2.08. The van der Waals surface area contributed by atoms with Gasteiger partial charge >= 0.3 is 0 Å². The number of amides is 1. The molecular weight excluding hydrogens is 334 g/mol. The topological polar surface area (TPSA) is 77.8 Å². The fraction of sp³-hybridized carbons (Fsp3) is 0.200. The van der Waals surface area contributed by atoms with Gasteiger partial charge in [0.2, 0.25) is 6.79 Å². The van der Waals surface area contributed by atoms with Crippen LogP contribution in [0.1, 0.15) is 27.2 Å². The average Bonchev–Trinajstić information content (AvgIpc) is 3.08. The second-order valence-electron chi connectivity index (χ2n) is 6.30. The van der Waals surface area contributed by atoms with Gasteiger partial charge < -0.3 is 19.2 Å². The monoisotopic (exact) mass is 351 g/mol. The Hall–Kier alpha value is -3.28. The Kier molecular flexibility index (Phi) is 3.88. The van der Waals surface area contributed by atoms with E-state index < -0.39 is 5.91 Å². The molecule has 1 amide bonds. The number of hydrogen-bond acceptors (Lipinski definition) is 5. The fourth-order valence-corrected chi connectivity index (χ4v) is 3.04. The van der Waals surface area contributed by atoms with Crippen molar-refractivity contribution < 1.29 is 18.7 Å². The third kappa shape index (κ3) is 2.90. The van der Waals surface area contributed by atoms with E-state index in [4.69, 9.17) is 13.9 Å². The zero-order valence-corrected chi connectivity index (χ0v) is 14.4. The molecule has 132 valence electrons. The van der Waals surface area contributed by atoms with E-state index in [2.05, 4.69) is 5.32 Å². The van der Waals surface area contributed by atoms with E-state index in [-0.39, 0.29) is 24.5 Å². The van der Waals surface area contributed by atoms with Crippen molar-refractivity contribution in [2.45, 2.75) is 20.4 Å². The molecule has 0 radical (unpaired) electrons. The van der Waals surface area contributed by atoms with Crippen LogP contribution in [0.3, 0.4) is 0 Å². The van der Waals surface area contributed by atoms with Crippen molar-refractivity contribution in [1.82, 2.24) is 5.32 Å². The second-order valence-corrected chi connectivity index (χ2v) is 6.30. The highest BCUT2D eigenvalue weighted by Gasteiger charge is 2.16. The summed E-state index contributed by atoms with van der Waals surface area (Å²) < 4.78 is 16.3. The lowest BCUT2D eigenvalue weighted by Crippen LogP contribution is -2.24. The lowest BCUT2D eigenvalue weighted by molar-refractivity contribution is 0.0923. The van der Waals surface area contributed by atoms with Crippen LogP contribution in [0, 0.1) is 13.8 Å². The van der Waals surface area contributed by atoms with Gasteiger partial charge in [0.05, 0.1) is 5.39 Å². The molecule has 0 aliphatic carbocycles. The van der Waals surface area contributed by atoms with Crippen LogP contribution in [-0.4, -0.2) is 12.7 Å². The smallest absolute Gasteiger partial charge is 0.287 e. The molecule has 0 saturated heterocycles. The van der Waals surface area contributed by atoms with E-state index in [1.54, 1.807) is 12.1 Å². The fourth-order valence-electron chi connectivity index (χ4n) is 3.04. The van der Waals surface area contributed by atoms with Crippen molar-refractivity contribution in [1.29, 1.82) is 0 Å². The van der Waals surface area contributed by atoms with Gasteiger partial charge in [-0.1, -0.05) is 12.1 Å². The quantitative estimate of drug-likeness (QED) is 0.785. The summed E-state index contributed by atoms with van der Waals surface area (Å²) in [6, 6.07) is 10.4. The second kappa shape index (κ2) is 6.22. The standard InChI is InChI=1S/C20H17NO5/c1-11-5-12(2)19-14(6-11)15(22)8-18(26-19)20(23)21-9-13-3-4-16-17(7-13)25-10-24-16/h3-8H,9-10H2,1-2H3,(H,21,23). The Morgan fingerprint density at radius 1 is 1.08 bits per heavy atom. The first-order valence-corrected chi connectivity index (χ1v) is 8.23. The van der Waals surface area contributed by atoms with Crippen molar-refractivity contribution in [3.63, 3.8) is 0 Å². The molecule has 2 aromatic carbocycles. The first kappa shape index (κ1) is 16.2. The minimum atomic E-state index is -0.443. The summed E-state index contributed by atoms with van der Waals surface area (Å²) in [4.78, 5) is 24.8. The number of aryl methyl sites for hydroxylation is 2. The van der Waals surface area contributed by atoms with Gasteiger partial charge in [-0.2, -0.15) is 0 Å². The third-order valence-electron chi connectivity index (χ3n) is 4.27. The molecule has 0 spiro atoms. The minimum Gasteiger partial charge on any atom is -0.454 e. The largest absolute Gasteiger partial charge is 0.454 e. The van der Waals surface area contributed by atoms with E-state index in [0.717, 1.165) is 16.7 Å². The van der Waals surface area contributed by atoms with Gasteiger partial charge in [-0.15, -0.1) is 0 Å². The molecular formula is C20H17NO5. The normalized spacial score (nSPS) is 12.4. The van der Waals surface area contributed by atoms with Crippen molar-refractivity contribution in [2.75, 3.05) is 6.79 Å². The molecule has 1 aromatic heterocycles. The maximum Gasteiger partial charge on any atom is 0.287 e. The maximum absolute atomic E-state index is 12.4. The SMILES string of the molecule is Cc1cc(C)c2oc(C(=O)NCc3ccc4c(c3)OCO4)cc(=O)c2c1. The minimum absolute atomic E-state index is 0.00445. The van der Waals surface area contributed by atoms with Crippen LogP contribution in [-0.2, 0) is 6.54 Å². The Morgan fingerprint density at radius 2 is 1.88 bits per heavy atom. The zero-order valence-electron chi connectivity index (χ0n) is 14.4. The average molecular weight is 351 g/mol. The molecule has 3 aromatic rings. The van der Waals surface area contributed by atoms with Crippen LogP contribution >= 0.6 is 0 Å². The third-order valence-corrected chi connectivity index (χ3v) is 4.27. The van der Waals surface area contributed by atoms with Gasteiger partial charge in [-0.25, -0.2) is 0 Å². The van der Waals surface area contributed by atoms with E-state index in [1.165, 1.54) is 6.07 Å². The van der Waals surface area contributed by atoms with Crippen LogP contribution in [0.15, 0.2) is 45.6 Å². The van der Waals surface area contributed by atoms with E-state index in [1.807, 2.05) is 32.0 Å². The highest BCUT2D eigenvalue weighted by atomic mass is 16.7. The molecule has 0 fully saturated rings. The number of benzene rings is 2. The molecule has 0 saturated carbocycles. The Bertz CT molecular complexity index is 1080. The lowest BCUT2D eigenvalue weighted by atomic mass is 10.1. The van der Waals surface area contributed by atoms with Crippen LogP contribution in [0.2, 0.25) is 0 Å². The summed E-state index contributed by atoms with van der Waals surface area (Å²) in [6.45, 7) is 4.25. The molecule has 1 aliphatic heterocycles. The van der Waals surface area contributed by atoms with Gasteiger partial charge in [0.25, 0.3) is 5.91 Å². The van der Waals surface area contributed by atoms with Gasteiger partial charge in [-0.05, 0) is 48.7 Å². The molecule has 6 nitrogen and oxygen atoms in total. The summed E-state index contributed by atoms with van der Waals surface area (Å²) in [6.07, 6.45) is 0. The number of carbonyl (C=O) groups excluding carboxylic acids is 1. The van der Waals surface area contributed by atoms with Gasteiger partial charge in [-0.3, -0.25) is 9.59 Å². The van der Waals surface area contributed by atoms with Crippen LogP contribution < -0.4 is 20.2 Å². The van der Waals surface area contributed by atoms with E-state index in [0.29, 0.717) is 22.5 Å². The molecule has 1 N–H and O–H groups in total. The van der Waals surface area contributed by atoms with Gasteiger partial charge in [0, 0.05) is 12.6 Å². The highest BCUT2D eigenvalue weighted by molar-refractivity contribution is 5.93. The summed E-state index contributed by atoms with van der Waals surface area (Å²) in [7, 11) is 0. The predicted octanol–water partition coefficient (Wildman–Crippen LogP) is 3.07. The maximum atomic E-state index is 12.4. The van der Waals surface area contributed by atoms with Gasteiger partial charge in [0.1, 0.15) is 5.58 Å². The summed E-state index contributed by atoms with van der Waals surface area (Å²) in [5.74, 6) is 0.892. The Balaban J connectivity index is 1.57. The summed E-state index contributed by atoms with van der Waals surface area (Å²) in [5, 5.41) is 3.24. The van der Waals surface area contributed by atoms with E-state index >= 15 is 0 Å². The predicted molar refractivity (Wildman–Crippen MR) is 95.7 cm³/mol. The van der Waals surface area contributed by atoms with E-state index in [9.17, 15) is 9.59 Å². The number of carbonyl (C=O) groups is 1. The molecule has 2 heterocycles. The molecule has 0 unspecified atom stereocenters. The van der Waals surface area contributed by atoms with Crippen molar-refractivity contribution in [2.24, 2.45) is 0 Å². The number of fused-ring (bicyclic) bond motifs is 2. The Labute approximate surface area is 149 Å². The van der Waals surface area contributed by atoms with Crippen LogP contribution in [0.4, 0.5) is 0 Å². The number of rotatable bonds is 3. The summed E-state index contributed by atoms with van der Waals surface area (Å²) in [5.41, 5.74) is 2.87. The zero-order chi connectivity index (χ0) is 18.3. The molecule has 1 aliphatic rings.